The Labute approximate surface area is 110 Å². The number of aromatic nitrogens is 2. The van der Waals surface area contributed by atoms with Crippen molar-refractivity contribution in [3.05, 3.63) is 30.7 Å². The smallest absolute Gasteiger partial charge is 0.250 e. The molecule has 1 amide bonds. The highest BCUT2D eigenvalue weighted by molar-refractivity contribution is 5.91. The summed E-state index contributed by atoms with van der Waals surface area (Å²) in [7, 11) is 0. The van der Waals surface area contributed by atoms with Crippen LogP contribution in [-0.4, -0.2) is 28.8 Å². The molecule has 0 fully saturated rings. The molecule has 0 saturated heterocycles. The van der Waals surface area contributed by atoms with Gasteiger partial charge in [0.2, 0.25) is 18.2 Å². The third-order valence-corrected chi connectivity index (χ3v) is 2.32. The molecule has 0 aliphatic carbocycles. The topological polar surface area (TPSA) is 77.2 Å². The van der Waals surface area contributed by atoms with Crippen molar-refractivity contribution in [3.63, 3.8) is 0 Å². The first-order chi connectivity index (χ1) is 9.15. The van der Waals surface area contributed by atoms with Crippen molar-refractivity contribution in [2.45, 2.75) is 20.0 Å². The predicted octanol–water partition coefficient (Wildman–Crippen LogP) is 2.10. The molecular weight excluding hydrogens is 246 g/mol. The maximum absolute atomic E-state index is 11.6. The Morgan fingerprint density at radius 2 is 2.11 bits per heavy atom. The highest BCUT2D eigenvalue weighted by atomic mass is 16.5. The number of nitrogens with zero attached hydrogens (tertiary/aromatic N) is 2. The van der Waals surface area contributed by atoms with Gasteiger partial charge in [-0.1, -0.05) is 0 Å². The van der Waals surface area contributed by atoms with Crippen LogP contribution in [0, 0.1) is 0 Å². The lowest BCUT2D eigenvalue weighted by Crippen LogP contribution is -2.20. The van der Waals surface area contributed by atoms with Crippen LogP contribution in [-0.2, 0) is 9.53 Å². The average Bonchev–Trinajstić information content (AvgIpc) is 2.91. The van der Waals surface area contributed by atoms with Crippen LogP contribution in [0.15, 0.2) is 35.1 Å². The first-order valence-corrected chi connectivity index (χ1v) is 5.93. The molecule has 0 aliphatic heterocycles. The van der Waals surface area contributed by atoms with Gasteiger partial charge in [0.1, 0.15) is 6.61 Å². The Morgan fingerprint density at radius 1 is 1.37 bits per heavy atom. The molecule has 1 aromatic carbocycles. The number of carbonyl (C=O) groups excluding carboxylic acids is 1. The maximum atomic E-state index is 11.6. The van der Waals surface area contributed by atoms with E-state index in [-0.39, 0.29) is 18.6 Å². The van der Waals surface area contributed by atoms with Gasteiger partial charge in [-0.2, -0.15) is 0 Å². The third-order valence-electron chi connectivity index (χ3n) is 2.32. The summed E-state index contributed by atoms with van der Waals surface area (Å²) in [5, 5.41) is 10.1. The van der Waals surface area contributed by atoms with E-state index in [9.17, 15) is 4.79 Å². The molecule has 6 nitrogen and oxygen atoms in total. The SMILES string of the molecule is CC(C)OCC(=O)Nc1ccc(-c2nnco2)cc1. The normalized spacial score (nSPS) is 10.7. The van der Waals surface area contributed by atoms with E-state index >= 15 is 0 Å². The van der Waals surface area contributed by atoms with Gasteiger partial charge in [-0.15, -0.1) is 10.2 Å². The van der Waals surface area contributed by atoms with Crippen LogP contribution in [0.5, 0.6) is 0 Å². The number of benzene rings is 1. The predicted molar refractivity (Wildman–Crippen MR) is 69.5 cm³/mol. The Kier molecular flexibility index (Phi) is 4.25. The fraction of sp³-hybridized carbons (Fsp3) is 0.308. The van der Waals surface area contributed by atoms with Gasteiger partial charge in [0.05, 0.1) is 6.10 Å². The zero-order valence-corrected chi connectivity index (χ0v) is 10.8. The Balaban J connectivity index is 1.94. The zero-order valence-electron chi connectivity index (χ0n) is 10.8. The molecule has 0 unspecified atom stereocenters. The van der Waals surface area contributed by atoms with Gasteiger partial charge < -0.3 is 14.5 Å². The van der Waals surface area contributed by atoms with Gasteiger partial charge in [0.25, 0.3) is 0 Å². The summed E-state index contributed by atoms with van der Waals surface area (Å²) >= 11 is 0. The second-order valence-electron chi connectivity index (χ2n) is 4.23. The number of nitrogens with one attached hydrogen (secondary N) is 1. The molecule has 0 radical (unpaired) electrons. The lowest BCUT2D eigenvalue weighted by atomic mass is 10.2. The van der Waals surface area contributed by atoms with E-state index in [0.717, 1.165) is 5.56 Å². The molecule has 6 heteroatoms. The summed E-state index contributed by atoms with van der Waals surface area (Å²) in [6.45, 7) is 3.81. The second-order valence-corrected chi connectivity index (χ2v) is 4.23. The van der Waals surface area contributed by atoms with Gasteiger partial charge in [-0.3, -0.25) is 4.79 Å². The van der Waals surface area contributed by atoms with Crippen molar-refractivity contribution in [2.75, 3.05) is 11.9 Å². The Bertz CT molecular complexity index is 521. The van der Waals surface area contributed by atoms with Gasteiger partial charge in [0, 0.05) is 11.3 Å². The number of amides is 1. The number of rotatable bonds is 5. The summed E-state index contributed by atoms with van der Waals surface area (Å²) in [6, 6.07) is 7.14. The third kappa shape index (κ3) is 3.89. The van der Waals surface area contributed by atoms with Crippen molar-refractivity contribution in [1.29, 1.82) is 0 Å². The summed E-state index contributed by atoms with van der Waals surface area (Å²) < 4.78 is 10.3. The second kappa shape index (κ2) is 6.10. The monoisotopic (exact) mass is 261 g/mol. The summed E-state index contributed by atoms with van der Waals surface area (Å²) in [5.41, 5.74) is 1.49. The molecule has 0 bridgehead atoms. The molecular formula is C13H15N3O3. The molecule has 1 heterocycles. The van der Waals surface area contributed by atoms with E-state index in [1.54, 1.807) is 24.3 Å². The molecule has 2 aromatic rings. The fourth-order valence-electron chi connectivity index (χ4n) is 1.43. The van der Waals surface area contributed by atoms with E-state index in [4.69, 9.17) is 9.15 Å². The first-order valence-electron chi connectivity index (χ1n) is 5.93. The van der Waals surface area contributed by atoms with E-state index in [1.807, 2.05) is 13.8 Å². The maximum Gasteiger partial charge on any atom is 0.250 e. The standard InChI is InChI=1S/C13H15N3O3/c1-9(2)18-7-12(17)15-11-5-3-10(4-6-11)13-16-14-8-19-13/h3-6,8-9H,7H2,1-2H3,(H,15,17). The fourth-order valence-corrected chi connectivity index (χ4v) is 1.43. The van der Waals surface area contributed by atoms with Gasteiger partial charge >= 0.3 is 0 Å². The number of ether oxygens (including phenoxy) is 1. The van der Waals surface area contributed by atoms with Crippen LogP contribution in [0.25, 0.3) is 11.5 Å². The van der Waals surface area contributed by atoms with Crippen LogP contribution >= 0.6 is 0 Å². The van der Waals surface area contributed by atoms with Crippen LogP contribution in [0.4, 0.5) is 5.69 Å². The molecule has 1 N–H and O–H groups in total. The zero-order chi connectivity index (χ0) is 13.7. The minimum Gasteiger partial charge on any atom is -0.423 e. The van der Waals surface area contributed by atoms with Gasteiger partial charge in [-0.25, -0.2) is 0 Å². The molecule has 0 saturated carbocycles. The van der Waals surface area contributed by atoms with Crippen LogP contribution in [0.3, 0.4) is 0 Å². The molecule has 0 aliphatic rings. The highest BCUT2D eigenvalue weighted by Crippen LogP contribution is 2.18. The summed E-state index contributed by atoms with van der Waals surface area (Å²) in [5.74, 6) is 0.264. The number of carbonyl (C=O) groups is 1. The van der Waals surface area contributed by atoms with E-state index in [2.05, 4.69) is 15.5 Å². The van der Waals surface area contributed by atoms with Crippen molar-refractivity contribution < 1.29 is 13.9 Å². The Morgan fingerprint density at radius 3 is 2.68 bits per heavy atom. The highest BCUT2D eigenvalue weighted by Gasteiger charge is 2.06. The van der Waals surface area contributed by atoms with Crippen molar-refractivity contribution in [2.24, 2.45) is 0 Å². The number of anilines is 1. The van der Waals surface area contributed by atoms with Crippen molar-refractivity contribution in [1.82, 2.24) is 10.2 Å². The molecule has 1 aromatic heterocycles. The van der Waals surface area contributed by atoms with E-state index in [0.29, 0.717) is 11.6 Å². The van der Waals surface area contributed by atoms with Gasteiger partial charge in [0.15, 0.2) is 0 Å². The molecule has 19 heavy (non-hydrogen) atoms. The lowest BCUT2D eigenvalue weighted by molar-refractivity contribution is -0.121. The molecule has 100 valence electrons. The minimum absolute atomic E-state index is 0.0330. The number of hydrogen-bond donors (Lipinski definition) is 1. The summed E-state index contributed by atoms with van der Waals surface area (Å²) in [6.07, 6.45) is 1.31. The average molecular weight is 261 g/mol. The van der Waals surface area contributed by atoms with E-state index in [1.165, 1.54) is 6.39 Å². The van der Waals surface area contributed by atoms with Crippen LogP contribution in [0.2, 0.25) is 0 Å². The molecule has 0 spiro atoms. The lowest BCUT2D eigenvalue weighted by Gasteiger charge is -2.08. The van der Waals surface area contributed by atoms with Gasteiger partial charge in [-0.05, 0) is 38.1 Å². The quantitative estimate of drug-likeness (QED) is 0.891. The van der Waals surface area contributed by atoms with Crippen LogP contribution in [0.1, 0.15) is 13.8 Å². The Hall–Kier alpha value is -2.21. The minimum atomic E-state index is -0.181. The summed E-state index contributed by atoms with van der Waals surface area (Å²) in [4.78, 5) is 11.6. The number of hydrogen-bond acceptors (Lipinski definition) is 5. The van der Waals surface area contributed by atoms with Crippen LogP contribution < -0.4 is 5.32 Å². The first kappa shape index (κ1) is 13.2. The molecule has 2 rings (SSSR count). The van der Waals surface area contributed by atoms with Crippen molar-refractivity contribution in [3.8, 4) is 11.5 Å². The van der Waals surface area contributed by atoms with Crippen molar-refractivity contribution >= 4 is 11.6 Å². The largest absolute Gasteiger partial charge is 0.423 e. The van der Waals surface area contributed by atoms with E-state index < -0.39 is 0 Å². The molecule has 0 atom stereocenters.